The van der Waals surface area contributed by atoms with Gasteiger partial charge in [0.15, 0.2) is 0 Å². The van der Waals surface area contributed by atoms with Gasteiger partial charge in [0.05, 0.1) is 13.2 Å². The number of hydrogen-bond acceptors (Lipinski definition) is 6. The molecule has 2 aliphatic heterocycles. The maximum absolute atomic E-state index is 12.5. The number of halogens is 6. The Morgan fingerprint density at radius 2 is 1.70 bits per heavy atom. The number of aromatic nitrogens is 1. The Bertz CT molecular complexity index is 902. The molecular weight excluding hydrogens is 516 g/mol. The Hall–Kier alpha value is -2.94. The zero-order valence-electron chi connectivity index (χ0n) is 19.5. The third-order valence-electron chi connectivity index (χ3n) is 6.35. The molecule has 1 aromatic heterocycles. The Morgan fingerprint density at radius 3 is 2.16 bits per heavy atom. The lowest BCUT2D eigenvalue weighted by Gasteiger charge is -2.36. The smallest absolute Gasteiger partial charge is 0.475 e. The highest BCUT2D eigenvalue weighted by Crippen LogP contribution is 2.46. The lowest BCUT2D eigenvalue weighted by Crippen LogP contribution is -2.42. The SMILES string of the molecule is O=C(C[C@]12COC[C@H]1CN(C1CCC1)C2)NCc1cccnc1.O=C(O)C(F)(F)F.O=C(O)C(F)(F)F. The maximum atomic E-state index is 12.5. The minimum atomic E-state index is -5.08. The number of nitrogens with one attached hydrogen (secondary N) is 1. The molecule has 2 saturated heterocycles. The van der Waals surface area contributed by atoms with Gasteiger partial charge in [-0.05, 0) is 24.5 Å². The summed E-state index contributed by atoms with van der Waals surface area (Å²) in [5, 5.41) is 17.3. The van der Waals surface area contributed by atoms with Crippen molar-refractivity contribution in [3.8, 4) is 0 Å². The minimum absolute atomic E-state index is 0.0363. The van der Waals surface area contributed by atoms with Crippen LogP contribution in [-0.2, 0) is 25.7 Å². The second kappa shape index (κ2) is 12.5. The van der Waals surface area contributed by atoms with Crippen molar-refractivity contribution >= 4 is 17.8 Å². The number of nitrogens with zero attached hydrogens (tertiary/aromatic N) is 2. The largest absolute Gasteiger partial charge is 0.490 e. The summed E-state index contributed by atoms with van der Waals surface area (Å²) in [6, 6.07) is 4.64. The predicted octanol–water partition coefficient (Wildman–Crippen LogP) is 2.86. The van der Waals surface area contributed by atoms with E-state index in [0.717, 1.165) is 37.9 Å². The lowest BCUT2D eigenvalue weighted by atomic mass is 9.78. The van der Waals surface area contributed by atoms with Crippen LogP contribution in [0.4, 0.5) is 26.3 Å². The van der Waals surface area contributed by atoms with Gasteiger partial charge in [0.2, 0.25) is 5.91 Å². The number of ether oxygens (including phenoxy) is 1. The maximum Gasteiger partial charge on any atom is 0.490 e. The standard InChI is InChI=1S/C18H25N3O2.2C2HF3O2/c22-17(20-9-14-3-2-6-19-8-14)7-18-12-21(16-4-1-5-16)10-15(18)11-23-13-18;2*3-2(4,5)1(6)7/h2-3,6,8,15-16H,1,4-5,7,9-13H2,(H,20,22);2*(H,6,7)/t15-,18+;;/m1../s1. The van der Waals surface area contributed by atoms with Gasteiger partial charge in [-0.25, -0.2) is 9.59 Å². The highest BCUT2D eigenvalue weighted by atomic mass is 19.4. The third-order valence-corrected chi connectivity index (χ3v) is 6.35. The fourth-order valence-corrected chi connectivity index (χ4v) is 4.24. The van der Waals surface area contributed by atoms with Crippen LogP contribution < -0.4 is 5.32 Å². The Labute approximate surface area is 207 Å². The summed E-state index contributed by atoms with van der Waals surface area (Å²) in [6.45, 7) is 4.25. The summed E-state index contributed by atoms with van der Waals surface area (Å²) in [7, 11) is 0. The first kappa shape index (κ1) is 30.3. The molecular formula is C22H27F6N3O6. The lowest BCUT2D eigenvalue weighted by molar-refractivity contribution is -0.193. The zero-order chi connectivity index (χ0) is 27.9. The van der Waals surface area contributed by atoms with Gasteiger partial charge in [0, 0.05) is 55.8 Å². The Morgan fingerprint density at radius 1 is 1.11 bits per heavy atom. The van der Waals surface area contributed by atoms with Gasteiger partial charge in [-0.1, -0.05) is 12.5 Å². The van der Waals surface area contributed by atoms with Gasteiger partial charge in [0.25, 0.3) is 0 Å². The van der Waals surface area contributed by atoms with Crippen LogP contribution in [0.3, 0.4) is 0 Å². The number of likely N-dealkylation sites (tertiary alicyclic amines) is 1. The van der Waals surface area contributed by atoms with Gasteiger partial charge < -0.3 is 20.3 Å². The topological polar surface area (TPSA) is 129 Å². The number of alkyl halides is 6. The number of aliphatic carboxylic acids is 2. The van der Waals surface area contributed by atoms with E-state index >= 15 is 0 Å². The Balaban J connectivity index is 0.000000286. The summed E-state index contributed by atoms with van der Waals surface area (Å²) in [5.74, 6) is -4.85. The molecule has 2 atom stereocenters. The van der Waals surface area contributed by atoms with Crippen LogP contribution >= 0.6 is 0 Å². The molecule has 4 rings (SSSR count). The molecule has 0 bridgehead atoms. The molecule has 1 saturated carbocycles. The fraction of sp³-hybridized carbons (Fsp3) is 0.636. The molecule has 0 aromatic carbocycles. The van der Waals surface area contributed by atoms with Gasteiger partial charge >= 0.3 is 24.3 Å². The molecule has 208 valence electrons. The monoisotopic (exact) mass is 543 g/mol. The molecule has 3 heterocycles. The van der Waals surface area contributed by atoms with Crippen molar-refractivity contribution in [3.05, 3.63) is 30.1 Å². The van der Waals surface area contributed by atoms with Crippen LogP contribution in [0.5, 0.6) is 0 Å². The molecule has 1 aliphatic carbocycles. The van der Waals surface area contributed by atoms with Crippen molar-refractivity contribution in [1.82, 2.24) is 15.2 Å². The molecule has 3 aliphatic rings. The van der Waals surface area contributed by atoms with Crippen molar-refractivity contribution in [2.75, 3.05) is 26.3 Å². The van der Waals surface area contributed by atoms with Gasteiger partial charge in [-0.2, -0.15) is 26.3 Å². The van der Waals surface area contributed by atoms with Gasteiger partial charge in [-0.3, -0.25) is 14.7 Å². The van der Waals surface area contributed by atoms with Crippen LogP contribution in [-0.4, -0.2) is 82.6 Å². The normalized spacial score (nSPS) is 23.5. The first-order valence-electron chi connectivity index (χ1n) is 11.2. The van der Waals surface area contributed by atoms with E-state index in [1.165, 1.54) is 19.3 Å². The number of fused-ring (bicyclic) bond motifs is 1. The van der Waals surface area contributed by atoms with E-state index in [1.807, 2.05) is 12.1 Å². The fourth-order valence-electron chi connectivity index (χ4n) is 4.24. The molecule has 37 heavy (non-hydrogen) atoms. The highest BCUT2D eigenvalue weighted by Gasteiger charge is 2.53. The average Bonchev–Trinajstić information content (AvgIpc) is 3.28. The number of carboxylic acids is 2. The first-order valence-corrected chi connectivity index (χ1v) is 11.2. The number of amides is 1. The number of carbonyl (C=O) groups is 3. The summed E-state index contributed by atoms with van der Waals surface area (Å²) in [5.41, 5.74) is 1.08. The Kier molecular flexibility index (Phi) is 10.3. The summed E-state index contributed by atoms with van der Waals surface area (Å²) >= 11 is 0. The van der Waals surface area contributed by atoms with Crippen LogP contribution in [0.15, 0.2) is 24.5 Å². The second-order valence-corrected chi connectivity index (χ2v) is 9.01. The predicted molar refractivity (Wildman–Crippen MR) is 114 cm³/mol. The molecule has 1 amide bonds. The van der Waals surface area contributed by atoms with Crippen molar-refractivity contribution in [2.24, 2.45) is 11.3 Å². The quantitative estimate of drug-likeness (QED) is 0.484. The van der Waals surface area contributed by atoms with E-state index in [4.69, 9.17) is 24.5 Å². The summed E-state index contributed by atoms with van der Waals surface area (Å²) in [6.07, 6.45) is -2.01. The minimum Gasteiger partial charge on any atom is -0.475 e. The van der Waals surface area contributed by atoms with E-state index in [1.54, 1.807) is 12.4 Å². The summed E-state index contributed by atoms with van der Waals surface area (Å²) < 4.78 is 69.2. The van der Waals surface area contributed by atoms with Crippen molar-refractivity contribution in [1.29, 1.82) is 0 Å². The van der Waals surface area contributed by atoms with E-state index in [-0.39, 0.29) is 11.3 Å². The molecule has 0 radical (unpaired) electrons. The molecule has 9 nitrogen and oxygen atoms in total. The molecule has 0 unspecified atom stereocenters. The number of carboxylic acid groups (broad SMARTS) is 2. The number of rotatable bonds is 5. The number of carbonyl (C=O) groups excluding carboxylic acids is 1. The van der Waals surface area contributed by atoms with Crippen molar-refractivity contribution in [2.45, 2.75) is 50.6 Å². The highest BCUT2D eigenvalue weighted by molar-refractivity contribution is 5.77. The van der Waals surface area contributed by atoms with Gasteiger partial charge in [0.1, 0.15) is 0 Å². The second-order valence-electron chi connectivity index (χ2n) is 9.01. The van der Waals surface area contributed by atoms with Crippen molar-refractivity contribution < 1.29 is 55.7 Å². The van der Waals surface area contributed by atoms with E-state index < -0.39 is 24.3 Å². The molecule has 0 spiro atoms. The summed E-state index contributed by atoms with van der Waals surface area (Å²) in [4.78, 5) is 37.0. The van der Waals surface area contributed by atoms with Crippen LogP contribution in [0.1, 0.15) is 31.2 Å². The van der Waals surface area contributed by atoms with E-state index in [0.29, 0.717) is 18.9 Å². The van der Waals surface area contributed by atoms with Gasteiger partial charge in [-0.15, -0.1) is 0 Å². The number of hydrogen-bond donors (Lipinski definition) is 3. The average molecular weight is 543 g/mol. The molecule has 15 heteroatoms. The van der Waals surface area contributed by atoms with E-state index in [2.05, 4.69) is 15.2 Å². The van der Waals surface area contributed by atoms with Crippen molar-refractivity contribution in [3.63, 3.8) is 0 Å². The number of pyridine rings is 1. The first-order chi connectivity index (χ1) is 17.1. The van der Waals surface area contributed by atoms with Crippen LogP contribution in [0, 0.1) is 11.3 Å². The molecule has 1 aromatic rings. The molecule has 3 N–H and O–H groups in total. The zero-order valence-corrected chi connectivity index (χ0v) is 19.5. The molecule has 3 fully saturated rings. The van der Waals surface area contributed by atoms with E-state index in [9.17, 15) is 31.1 Å². The van der Waals surface area contributed by atoms with Crippen LogP contribution in [0.2, 0.25) is 0 Å². The third kappa shape index (κ3) is 9.14. The van der Waals surface area contributed by atoms with Crippen LogP contribution in [0.25, 0.3) is 0 Å².